The molecule has 2 rings (SSSR count). The zero-order valence-electron chi connectivity index (χ0n) is 13.3. The first-order valence-electron chi connectivity index (χ1n) is 7.74. The standard InChI is InChI=1S/C17H26N2O2/c1-13(2)10-15-8-9-19(12-15)17(20)18-11-14-4-6-16(21-3)7-5-14/h4-7,13,15H,8-12H2,1-3H3,(H,18,20). The summed E-state index contributed by atoms with van der Waals surface area (Å²) in [6.45, 7) is 6.82. The van der Waals surface area contributed by atoms with Crippen molar-refractivity contribution >= 4 is 6.03 Å². The van der Waals surface area contributed by atoms with Gasteiger partial charge in [0.1, 0.15) is 5.75 Å². The van der Waals surface area contributed by atoms with Crippen LogP contribution in [0, 0.1) is 11.8 Å². The Balaban J connectivity index is 1.77. The Morgan fingerprint density at radius 3 is 2.71 bits per heavy atom. The highest BCUT2D eigenvalue weighted by molar-refractivity contribution is 5.74. The van der Waals surface area contributed by atoms with Gasteiger partial charge in [-0.3, -0.25) is 0 Å². The molecule has 1 heterocycles. The minimum Gasteiger partial charge on any atom is -0.497 e. The summed E-state index contributed by atoms with van der Waals surface area (Å²) in [6, 6.07) is 7.83. The van der Waals surface area contributed by atoms with Gasteiger partial charge in [-0.15, -0.1) is 0 Å². The van der Waals surface area contributed by atoms with Crippen molar-refractivity contribution in [2.24, 2.45) is 11.8 Å². The van der Waals surface area contributed by atoms with Crippen molar-refractivity contribution in [1.29, 1.82) is 0 Å². The molecule has 21 heavy (non-hydrogen) atoms. The predicted octanol–water partition coefficient (Wildman–Crippen LogP) is 3.27. The van der Waals surface area contributed by atoms with Gasteiger partial charge >= 0.3 is 6.03 Å². The number of methoxy groups -OCH3 is 1. The van der Waals surface area contributed by atoms with Crippen LogP contribution in [0.4, 0.5) is 4.79 Å². The number of likely N-dealkylation sites (tertiary alicyclic amines) is 1. The summed E-state index contributed by atoms with van der Waals surface area (Å²) in [7, 11) is 1.65. The van der Waals surface area contributed by atoms with Crippen LogP contribution in [0.2, 0.25) is 0 Å². The van der Waals surface area contributed by atoms with E-state index in [1.165, 1.54) is 6.42 Å². The van der Waals surface area contributed by atoms with Gasteiger partial charge in [0, 0.05) is 19.6 Å². The molecule has 0 aliphatic carbocycles. The summed E-state index contributed by atoms with van der Waals surface area (Å²) in [4.78, 5) is 14.1. The fraction of sp³-hybridized carbons (Fsp3) is 0.588. The summed E-state index contributed by atoms with van der Waals surface area (Å²) < 4.78 is 5.12. The highest BCUT2D eigenvalue weighted by atomic mass is 16.5. The van der Waals surface area contributed by atoms with Crippen molar-refractivity contribution in [3.05, 3.63) is 29.8 Å². The van der Waals surface area contributed by atoms with Crippen LogP contribution >= 0.6 is 0 Å². The number of carbonyl (C=O) groups excluding carboxylic acids is 1. The molecule has 1 atom stereocenters. The molecular formula is C17H26N2O2. The molecule has 0 radical (unpaired) electrons. The van der Waals surface area contributed by atoms with Crippen LogP contribution in [0.1, 0.15) is 32.3 Å². The lowest BCUT2D eigenvalue weighted by molar-refractivity contribution is 0.205. The number of amides is 2. The second-order valence-electron chi connectivity index (χ2n) is 6.24. The van der Waals surface area contributed by atoms with Gasteiger partial charge in [-0.1, -0.05) is 26.0 Å². The third kappa shape index (κ3) is 4.66. The number of ether oxygens (including phenoxy) is 1. The van der Waals surface area contributed by atoms with Crippen LogP contribution < -0.4 is 10.1 Å². The predicted molar refractivity (Wildman–Crippen MR) is 84.4 cm³/mol. The average molecular weight is 290 g/mol. The Labute approximate surface area is 127 Å². The molecule has 1 aliphatic rings. The molecule has 1 fully saturated rings. The topological polar surface area (TPSA) is 41.6 Å². The van der Waals surface area contributed by atoms with Crippen LogP contribution in [-0.2, 0) is 6.54 Å². The van der Waals surface area contributed by atoms with E-state index in [1.54, 1.807) is 7.11 Å². The molecule has 0 aromatic heterocycles. The van der Waals surface area contributed by atoms with E-state index in [-0.39, 0.29) is 6.03 Å². The first-order chi connectivity index (χ1) is 10.1. The highest BCUT2D eigenvalue weighted by Gasteiger charge is 2.26. The van der Waals surface area contributed by atoms with Crippen LogP contribution in [-0.4, -0.2) is 31.1 Å². The van der Waals surface area contributed by atoms with E-state index >= 15 is 0 Å². The highest BCUT2D eigenvalue weighted by Crippen LogP contribution is 2.23. The van der Waals surface area contributed by atoms with Crippen LogP contribution in [0.3, 0.4) is 0 Å². The van der Waals surface area contributed by atoms with E-state index in [9.17, 15) is 4.79 Å². The molecule has 4 heteroatoms. The largest absolute Gasteiger partial charge is 0.497 e. The van der Waals surface area contributed by atoms with E-state index in [0.717, 1.165) is 30.8 Å². The number of hydrogen-bond acceptors (Lipinski definition) is 2. The number of hydrogen-bond donors (Lipinski definition) is 1. The first-order valence-corrected chi connectivity index (χ1v) is 7.74. The molecule has 4 nitrogen and oxygen atoms in total. The second-order valence-corrected chi connectivity index (χ2v) is 6.24. The first kappa shape index (κ1) is 15.7. The van der Waals surface area contributed by atoms with Crippen molar-refractivity contribution in [3.63, 3.8) is 0 Å². The van der Waals surface area contributed by atoms with Crippen LogP contribution in [0.15, 0.2) is 24.3 Å². The minimum atomic E-state index is 0.0528. The summed E-state index contributed by atoms with van der Waals surface area (Å²) in [6.07, 6.45) is 2.34. The number of benzene rings is 1. The Morgan fingerprint density at radius 2 is 2.10 bits per heavy atom. The molecule has 0 saturated carbocycles. The molecule has 1 aliphatic heterocycles. The SMILES string of the molecule is COc1ccc(CNC(=O)N2CCC(CC(C)C)C2)cc1. The lowest BCUT2D eigenvalue weighted by atomic mass is 9.97. The molecule has 1 aromatic rings. The van der Waals surface area contributed by atoms with Gasteiger partial charge in [-0.25, -0.2) is 4.79 Å². The van der Waals surface area contributed by atoms with Gasteiger partial charge in [-0.2, -0.15) is 0 Å². The molecule has 2 amide bonds. The molecule has 116 valence electrons. The van der Waals surface area contributed by atoms with Crippen molar-refractivity contribution in [1.82, 2.24) is 10.2 Å². The van der Waals surface area contributed by atoms with E-state index < -0.39 is 0 Å². The van der Waals surface area contributed by atoms with Gasteiger partial charge in [0.25, 0.3) is 0 Å². The Kier molecular flexibility index (Phi) is 5.48. The normalized spacial score (nSPS) is 18.1. The molecule has 1 aromatic carbocycles. The maximum Gasteiger partial charge on any atom is 0.317 e. The molecule has 1 saturated heterocycles. The Bertz CT molecular complexity index is 456. The van der Waals surface area contributed by atoms with E-state index in [2.05, 4.69) is 19.2 Å². The fourth-order valence-corrected chi connectivity index (χ4v) is 2.91. The lowest BCUT2D eigenvalue weighted by Crippen LogP contribution is -2.38. The third-order valence-electron chi connectivity index (χ3n) is 3.98. The average Bonchev–Trinajstić information content (AvgIpc) is 2.93. The summed E-state index contributed by atoms with van der Waals surface area (Å²) >= 11 is 0. The molecule has 1 N–H and O–H groups in total. The summed E-state index contributed by atoms with van der Waals surface area (Å²) in [5.74, 6) is 2.20. The number of nitrogens with zero attached hydrogens (tertiary/aromatic N) is 1. The molecule has 0 bridgehead atoms. The van der Waals surface area contributed by atoms with Crippen molar-refractivity contribution < 1.29 is 9.53 Å². The second kappa shape index (κ2) is 7.34. The third-order valence-corrected chi connectivity index (χ3v) is 3.98. The molecule has 1 unspecified atom stereocenters. The van der Waals surface area contributed by atoms with Crippen molar-refractivity contribution in [2.75, 3.05) is 20.2 Å². The van der Waals surface area contributed by atoms with Crippen molar-refractivity contribution in [3.8, 4) is 5.75 Å². The fourth-order valence-electron chi connectivity index (χ4n) is 2.91. The van der Waals surface area contributed by atoms with Gasteiger partial charge in [0.15, 0.2) is 0 Å². The van der Waals surface area contributed by atoms with E-state index in [4.69, 9.17) is 4.74 Å². The van der Waals surface area contributed by atoms with Gasteiger partial charge in [-0.05, 0) is 42.4 Å². The van der Waals surface area contributed by atoms with Crippen LogP contribution in [0.5, 0.6) is 5.75 Å². The van der Waals surface area contributed by atoms with Crippen molar-refractivity contribution in [2.45, 2.75) is 33.2 Å². The number of nitrogens with one attached hydrogen (secondary N) is 1. The van der Waals surface area contributed by atoms with Crippen LogP contribution in [0.25, 0.3) is 0 Å². The maximum absolute atomic E-state index is 12.2. The van der Waals surface area contributed by atoms with Gasteiger partial charge < -0.3 is 15.0 Å². The monoisotopic (exact) mass is 290 g/mol. The molecular weight excluding hydrogens is 264 g/mol. The zero-order valence-corrected chi connectivity index (χ0v) is 13.3. The number of urea groups is 1. The van der Waals surface area contributed by atoms with Gasteiger partial charge in [0.05, 0.1) is 7.11 Å². The lowest BCUT2D eigenvalue weighted by Gasteiger charge is -2.18. The summed E-state index contributed by atoms with van der Waals surface area (Å²) in [5, 5.41) is 3.00. The quantitative estimate of drug-likeness (QED) is 0.904. The maximum atomic E-state index is 12.2. The smallest absolute Gasteiger partial charge is 0.317 e. The Hall–Kier alpha value is -1.71. The van der Waals surface area contributed by atoms with E-state index in [0.29, 0.717) is 18.4 Å². The molecule has 0 spiro atoms. The Morgan fingerprint density at radius 1 is 1.38 bits per heavy atom. The minimum absolute atomic E-state index is 0.0528. The number of rotatable bonds is 5. The summed E-state index contributed by atoms with van der Waals surface area (Å²) in [5.41, 5.74) is 1.09. The van der Waals surface area contributed by atoms with E-state index in [1.807, 2.05) is 29.2 Å². The van der Waals surface area contributed by atoms with Gasteiger partial charge in [0.2, 0.25) is 0 Å². The number of carbonyl (C=O) groups is 1. The zero-order chi connectivity index (χ0) is 15.2.